The number of fused-ring (bicyclic) bond motifs is 1. The van der Waals surface area contributed by atoms with Gasteiger partial charge in [0, 0.05) is 0 Å². The molecule has 0 saturated heterocycles. The Bertz CT molecular complexity index is 817. The predicted octanol–water partition coefficient (Wildman–Crippen LogP) is 5.05. The molecule has 0 fully saturated rings. The minimum absolute atomic E-state index is 0.0406. The summed E-state index contributed by atoms with van der Waals surface area (Å²) in [4.78, 5) is 15.7. The molecule has 7 heteroatoms. The monoisotopic (exact) mass is 383 g/mol. The molecule has 21 heavy (non-hydrogen) atoms. The molecule has 0 aliphatic rings. The Morgan fingerprint density at radius 3 is 2.76 bits per heavy atom. The maximum absolute atomic E-state index is 14.2. The van der Waals surface area contributed by atoms with E-state index in [0.29, 0.717) is 9.24 Å². The number of nitrogens with zero attached hydrogens (tertiary/aromatic N) is 1. The minimum atomic E-state index is -1.17. The molecule has 0 aliphatic heterocycles. The summed E-state index contributed by atoms with van der Waals surface area (Å²) in [6, 6.07) is 10.5. The maximum atomic E-state index is 14.2. The highest BCUT2D eigenvalue weighted by Gasteiger charge is 2.17. The first-order valence-corrected chi connectivity index (χ1v) is 8.23. The van der Waals surface area contributed by atoms with Gasteiger partial charge in [-0.3, -0.25) is 0 Å². The van der Waals surface area contributed by atoms with Crippen LogP contribution in [0.4, 0.5) is 4.39 Å². The molecule has 1 heterocycles. The second kappa shape index (κ2) is 5.75. The molecule has 0 saturated carbocycles. The van der Waals surface area contributed by atoms with E-state index in [1.807, 2.05) is 24.3 Å². The molecular formula is C14H7BrFNO2S2. The topological polar surface area (TPSA) is 50.2 Å². The summed E-state index contributed by atoms with van der Waals surface area (Å²) in [5, 5.41) is 8.95. The lowest BCUT2D eigenvalue weighted by Gasteiger charge is -2.05. The van der Waals surface area contributed by atoms with Crippen molar-refractivity contribution in [2.24, 2.45) is 0 Å². The number of carboxylic acids is 1. The van der Waals surface area contributed by atoms with Gasteiger partial charge in [-0.25, -0.2) is 14.2 Å². The molecular weight excluding hydrogens is 377 g/mol. The van der Waals surface area contributed by atoms with Gasteiger partial charge in [0.1, 0.15) is 0 Å². The first-order chi connectivity index (χ1) is 10.1. The Balaban J connectivity index is 1.98. The first-order valence-electron chi connectivity index (χ1n) is 5.81. The fourth-order valence-corrected chi connectivity index (χ4v) is 4.47. The lowest BCUT2D eigenvalue weighted by molar-refractivity contribution is 0.0695. The van der Waals surface area contributed by atoms with E-state index in [2.05, 4.69) is 20.9 Å². The molecule has 1 N–H and O–H groups in total. The standard InChI is InChI=1S/C14H7BrFNO2S2/c15-11-7(13(18)19)5-6-10(12(11)16)21-14-17-8-3-1-2-4-9(8)20-14/h1-6H,(H,18,19). The van der Waals surface area contributed by atoms with Gasteiger partial charge in [0.15, 0.2) is 10.2 Å². The first kappa shape index (κ1) is 14.5. The van der Waals surface area contributed by atoms with Crippen molar-refractivity contribution in [1.82, 2.24) is 4.98 Å². The number of aromatic nitrogens is 1. The zero-order valence-corrected chi connectivity index (χ0v) is 13.6. The lowest BCUT2D eigenvalue weighted by atomic mass is 10.2. The van der Waals surface area contributed by atoms with Crippen LogP contribution < -0.4 is 0 Å². The highest BCUT2D eigenvalue weighted by Crippen LogP contribution is 2.38. The van der Waals surface area contributed by atoms with Gasteiger partial charge < -0.3 is 5.11 Å². The van der Waals surface area contributed by atoms with Crippen molar-refractivity contribution in [3.8, 4) is 0 Å². The van der Waals surface area contributed by atoms with Gasteiger partial charge in [0.2, 0.25) is 0 Å². The second-order valence-electron chi connectivity index (χ2n) is 4.09. The Morgan fingerprint density at radius 1 is 1.29 bits per heavy atom. The van der Waals surface area contributed by atoms with Gasteiger partial charge in [0.25, 0.3) is 0 Å². The molecule has 0 amide bonds. The van der Waals surface area contributed by atoms with Crippen LogP contribution in [0.5, 0.6) is 0 Å². The fraction of sp³-hybridized carbons (Fsp3) is 0. The lowest BCUT2D eigenvalue weighted by Crippen LogP contribution is -2.00. The normalized spacial score (nSPS) is 11.0. The summed E-state index contributed by atoms with van der Waals surface area (Å²) in [5.74, 6) is -1.75. The van der Waals surface area contributed by atoms with Crippen molar-refractivity contribution in [2.75, 3.05) is 0 Å². The van der Waals surface area contributed by atoms with Crippen LogP contribution in [0.25, 0.3) is 10.2 Å². The predicted molar refractivity (Wildman–Crippen MR) is 84.8 cm³/mol. The summed E-state index contributed by atoms with van der Waals surface area (Å²) >= 11 is 5.65. The van der Waals surface area contributed by atoms with Crippen LogP contribution in [0.1, 0.15) is 10.4 Å². The number of thiazole rings is 1. The summed E-state index contributed by atoms with van der Waals surface area (Å²) in [6.45, 7) is 0. The number of hydrogen-bond donors (Lipinski definition) is 1. The second-order valence-corrected chi connectivity index (χ2v) is 7.21. The summed E-state index contributed by atoms with van der Waals surface area (Å²) in [6.07, 6.45) is 0. The Labute approximate surface area is 136 Å². The Hall–Kier alpha value is -1.44. The van der Waals surface area contributed by atoms with E-state index < -0.39 is 11.8 Å². The molecule has 1 aromatic heterocycles. The fourth-order valence-electron chi connectivity index (χ4n) is 1.76. The van der Waals surface area contributed by atoms with Crippen LogP contribution in [0, 0.1) is 5.82 Å². The van der Waals surface area contributed by atoms with Gasteiger partial charge in [-0.2, -0.15) is 0 Å². The molecule has 3 rings (SSSR count). The van der Waals surface area contributed by atoms with Crippen molar-refractivity contribution in [2.45, 2.75) is 9.24 Å². The third-order valence-electron chi connectivity index (χ3n) is 2.75. The van der Waals surface area contributed by atoms with E-state index in [-0.39, 0.29) is 10.0 Å². The van der Waals surface area contributed by atoms with Gasteiger partial charge >= 0.3 is 5.97 Å². The number of para-hydroxylation sites is 1. The molecule has 0 spiro atoms. The van der Waals surface area contributed by atoms with Crippen LogP contribution in [0.3, 0.4) is 0 Å². The molecule has 0 aliphatic carbocycles. The van der Waals surface area contributed by atoms with Gasteiger partial charge in [-0.1, -0.05) is 23.9 Å². The summed E-state index contributed by atoms with van der Waals surface area (Å²) < 4.78 is 15.9. The Morgan fingerprint density at radius 2 is 2.05 bits per heavy atom. The number of hydrogen-bond acceptors (Lipinski definition) is 4. The van der Waals surface area contributed by atoms with Gasteiger partial charge in [-0.15, -0.1) is 11.3 Å². The molecule has 3 nitrogen and oxygen atoms in total. The maximum Gasteiger partial charge on any atom is 0.336 e. The molecule has 3 aromatic rings. The van der Waals surface area contributed by atoms with Gasteiger partial charge in [0.05, 0.1) is 25.1 Å². The van der Waals surface area contributed by atoms with E-state index in [1.54, 1.807) is 0 Å². The average Bonchev–Trinajstić information content (AvgIpc) is 2.86. The molecule has 2 aromatic carbocycles. The van der Waals surface area contributed by atoms with Crippen LogP contribution in [-0.4, -0.2) is 16.1 Å². The van der Waals surface area contributed by atoms with Crippen molar-refractivity contribution < 1.29 is 14.3 Å². The zero-order chi connectivity index (χ0) is 15.0. The molecule has 0 atom stereocenters. The number of benzene rings is 2. The molecule has 0 radical (unpaired) electrons. The van der Waals surface area contributed by atoms with Gasteiger partial charge in [-0.05, 0) is 40.2 Å². The summed E-state index contributed by atoms with van der Waals surface area (Å²) in [7, 11) is 0. The SMILES string of the molecule is O=C(O)c1ccc(Sc2nc3ccccc3s2)c(F)c1Br. The number of carboxylic acid groups (broad SMARTS) is 1. The molecule has 106 valence electrons. The molecule has 0 unspecified atom stereocenters. The van der Waals surface area contributed by atoms with E-state index in [1.165, 1.54) is 35.2 Å². The van der Waals surface area contributed by atoms with E-state index in [0.717, 1.165) is 10.2 Å². The molecule has 0 bridgehead atoms. The van der Waals surface area contributed by atoms with Crippen LogP contribution >= 0.6 is 39.0 Å². The van der Waals surface area contributed by atoms with Crippen molar-refractivity contribution >= 4 is 55.2 Å². The highest BCUT2D eigenvalue weighted by molar-refractivity contribution is 9.10. The minimum Gasteiger partial charge on any atom is -0.478 e. The van der Waals surface area contributed by atoms with E-state index in [4.69, 9.17) is 5.11 Å². The number of halogens is 2. The quantitative estimate of drug-likeness (QED) is 0.687. The van der Waals surface area contributed by atoms with Crippen LogP contribution in [0.15, 0.2) is 50.1 Å². The van der Waals surface area contributed by atoms with E-state index in [9.17, 15) is 9.18 Å². The number of rotatable bonds is 3. The van der Waals surface area contributed by atoms with Crippen molar-refractivity contribution in [3.63, 3.8) is 0 Å². The zero-order valence-electron chi connectivity index (χ0n) is 10.3. The smallest absolute Gasteiger partial charge is 0.336 e. The average molecular weight is 384 g/mol. The van der Waals surface area contributed by atoms with Crippen LogP contribution in [-0.2, 0) is 0 Å². The number of aromatic carboxylic acids is 1. The largest absolute Gasteiger partial charge is 0.478 e. The summed E-state index contributed by atoms with van der Waals surface area (Å²) in [5.41, 5.74) is 0.771. The highest BCUT2D eigenvalue weighted by atomic mass is 79.9. The van der Waals surface area contributed by atoms with Crippen molar-refractivity contribution in [1.29, 1.82) is 0 Å². The third-order valence-corrected chi connectivity index (χ3v) is 5.66. The van der Waals surface area contributed by atoms with Crippen LogP contribution in [0.2, 0.25) is 0 Å². The number of carbonyl (C=O) groups is 1. The third kappa shape index (κ3) is 2.81. The Kier molecular flexibility index (Phi) is 3.97. The van der Waals surface area contributed by atoms with E-state index >= 15 is 0 Å². The van der Waals surface area contributed by atoms with Crippen molar-refractivity contribution in [3.05, 3.63) is 52.3 Å².